The Bertz CT molecular complexity index is 534. The molecule has 3 nitrogen and oxygen atoms in total. The number of nitrogens with zero attached hydrogens (tertiary/aromatic N) is 2. The van der Waals surface area contributed by atoms with Crippen molar-refractivity contribution in [3.63, 3.8) is 0 Å². The first-order chi connectivity index (χ1) is 9.76. The van der Waals surface area contributed by atoms with Gasteiger partial charge in [0.05, 0.1) is 0 Å². The van der Waals surface area contributed by atoms with Gasteiger partial charge in [0, 0.05) is 30.5 Å². The molecule has 2 rings (SSSR count). The van der Waals surface area contributed by atoms with Gasteiger partial charge in [0.1, 0.15) is 5.82 Å². The summed E-state index contributed by atoms with van der Waals surface area (Å²) in [5.74, 6) is 1.04. The van der Waals surface area contributed by atoms with E-state index in [-0.39, 0.29) is 0 Å². The maximum absolute atomic E-state index is 4.59. The minimum absolute atomic E-state index is 0.849. The highest BCUT2D eigenvalue weighted by molar-refractivity contribution is 5.63. The Morgan fingerprint density at radius 1 is 1.10 bits per heavy atom. The number of rotatable bonds is 6. The van der Waals surface area contributed by atoms with E-state index in [0.29, 0.717) is 0 Å². The van der Waals surface area contributed by atoms with E-state index in [9.17, 15) is 0 Å². The molecule has 0 aliphatic heterocycles. The molecule has 3 heteroatoms. The number of hydrogen-bond acceptors (Lipinski definition) is 3. The van der Waals surface area contributed by atoms with E-state index in [1.54, 1.807) is 0 Å². The van der Waals surface area contributed by atoms with Crippen LogP contribution in [-0.2, 0) is 6.54 Å². The molecule has 0 aliphatic carbocycles. The first-order valence-corrected chi connectivity index (χ1v) is 7.25. The molecule has 1 aromatic carbocycles. The van der Waals surface area contributed by atoms with Crippen molar-refractivity contribution in [1.29, 1.82) is 0 Å². The van der Waals surface area contributed by atoms with Gasteiger partial charge in [-0.3, -0.25) is 0 Å². The van der Waals surface area contributed by atoms with Gasteiger partial charge >= 0.3 is 0 Å². The van der Waals surface area contributed by atoms with E-state index in [1.807, 2.05) is 12.3 Å². The maximum Gasteiger partial charge on any atom is 0.137 e. The Balaban J connectivity index is 2.33. The zero-order chi connectivity index (χ0) is 14.4. The molecule has 0 aliphatic rings. The predicted molar refractivity (Wildman–Crippen MR) is 85.5 cm³/mol. The second-order valence-corrected chi connectivity index (χ2v) is 4.85. The lowest BCUT2D eigenvalue weighted by molar-refractivity contribution is 0.722. The van der Waals surface area contributed by atoms with Gasteiger partial charge in [-0.2, -0.15) is 0 Å². The van der Waals surface area contributed by atoms with Crippen LogP contribution in [0.15, 0.2) is 42.6 Å². The Labute approximate surface area is 121 Å². The molecule has 106 valence electrons. The molecule has 0 bridgehead atoms. The maximum atomic E-state index is 4.59. The normalized spacial score (nSPS) is 10.6. The molecule has 1 N–H and O–H groups in total. The van der Waals surface area contributed by atoms with Crippen LogP contribution in [0.5, 0.6) is 0 Å². The van der Waals surface area contributed by atoms with E-state index in [4.69, 9.17) is 0 Å². The summed E-state index contributed by atoms with van der Waals surface area (Å²) < 4.78 is 0. The predicted octanol–water partition coefficient (Wildman–Crippen LogP) is 3.66. The molecule has 0 unspecified atom stereocenters. The molecular formula is C17H23N3. The van der Waals surface area contributed by atoms with Gasteiger partial charge < -0.3 is 10.2 Å². The first kappa shape index (κ1) is 14.5. The highest BCUT2D eigenvalue weighted by atomic mass is 15.2. The van der Waals surface area contributed by atoms with Gasteiger partial charge in [0.2, 0.25) is 0 Å². The minimum Gasteiger partial charge on any atom is -0.326 e. The summed E-state index contributed by atoms with van der Waals surface area (Å²) >= 11 is 0. The number of anilines is 2. The summed E-state index contributed by atoms with van der Waals surface area (Å²) in [7, 11) is 0. The standard InChI is InChI=1S/C17H23N3/c1-4-18-13-15-7-6-12-19-17(15)20(5-2)16-10-8-14(3)9-11-16/h6-12,18H,4-5,13H2,1-3H3. The van der Waals surface area contributed by atoms with E-state index < -0.39 is 0 Å². The van der Waals surface area contributed by atoms with Crippen LogP contribution >= 0.6 is 0 Å². The number of nitrogens with one attached hydrogen (secondary N) is 1. The highest BCUT2D eigenvalue weighted by Crippen LogP contribution is 2.26. The summed E-state index contributed by atoms with van der Waals surface area (Å²) in [5.41, 5.74) is 3.70. The summed E-state index contributed by atoms with van der Waals surface area (Å²) in [6.07, 6.45) is 1.86. The summed E-state index contributed by atoms with van der Waals surface area (Å²) in [6, 6.07) is 12.7. The Morgan fingerprint density at radius 2 is 1.85 bits per heavy atom. The van der Waals surface area contributed by atoms with Crippen molar-refractivity contribution < 1.29 is 0 Å². The van der Waals surface area contributed by atoms with Crippen molar-refractivity contribution in [1.82, 2.24) is 10.3 Å². The third-order valence-corrected chi connectivity index (χ3v) is 3.35. The molecule has 2 aromatic rings. The summed E-state index contributed by atoms with van der Waals surface area (Å²) in [5, 5.41) is 3.38. The first-order valence-electron chi connectivity index (χ1n) is 7.25. The Morgan fingerprint density at radius 3 is 2.50 bits per heavy atom. The fourth-order valence-electron chi connectivity index (χ4n) is 2.25. The highest BCUT2D eigenvalue weighted by Gasteiger charge is 2.12. The van der Waals surface area contributed by atoms with E-state index in [0.717, 1.165) is 25.5 Å². The van der Waals surface area contributed by atoms with Crippen molar-refractivity contribution in [3.8, 4) is 0 Å². The van der Waals surface area contributed by atoms with E-state index >= 15 is 0 Å². The van der Waals surface area contributed by atoms with Gasteiger partial charge in [-0.15, -0.1) is 0 Å². The SMILES string of the molecule is CCNCc1cccnc1N(CC)c1ccc(C)cc1. The molecule has 20 heavy (non-hydrogen) atoms. The van der Waals surface area contributed by atoms with Crippen LogP contribution in [-0.4, -0.2) is 18.1 Å². The summed E-state index contributed by atoms with van der Waals surface area (Å²) in [6.45, 7) is 9.10. The second kappa shape index (κ2) is 7.06. The van der Waals surface area contributed by atoms with Gasteiger partial charge in [-0.25, -0.2) is 4.98 Å². The van der Waals surface area contributed by atoms with Crippen LogP contribution in [0.25, 0.3) is 0 Å². The lowest BCUT2D eigenvalue weighted by Gasteiger charge is -2.24. The Hall–Kier alpha value is -1.87. The zero-order valence-electron chi connectivity index (χ0n) is 12.6. The van der Waals surface area contributed by atoms with Crippen LogP contribution in [0.4, 0.5) is 11.5 Å². The van der Waals surface area contributed by atoms with Crippen LogP contribution < -0.4 is 10.2 Å². The molecular weight excluding hydrogens is 246 g/mol. The van der Waals surface area contributed by atoms with Crippen LogP contribution in [0.2, 0.25) is 0 Å². The van der Waals surface area contributed by atoms with Crippen molar-refractivity contribution in [2.45, 2.75) is 27.3 Å². The molecule has 1 heterocycles. The van der Waals surface area contributed by atoms with Gasteiger partial charge in [-0.05, 0) is 38.6 Å². The fraction of sp³-hybridized carbons (Fsp3) is 0.353. The molecule has 1 aromatic heterocycles. The second-order valence-electron chi connectivity index (χ2n) is 4.85. The third kappa shape index (κ3) is 3.36. The topological polar surface area (TPSA) is 28.2 Å². The Kier molecular flexibility index (Phi) is 5.13. The number of benzene rings is 1. The van der Waals surface area contributed by atoms with Crippen LogP contribution in [0.3, 0.4) is 0 Å². The average molecular weight is 269 g/mol. The number of aromatic nitrogens is 1. The molecule has 0 saturated heterocycles. The van der Waals surface area contributed by atoms with Gasteiger partial charge in [-0.1, -0.05) is 30.7 Å². The number of aryl methyl sites for hydroxylation is 1. The third-order valence-electron chi connectivity index (χ3n) is 3.35. The number of hydrogen-bond donors (Lipinski definition) is 1. The quantitative estimate of drug-likeness (QED) is 0.867. The lowest BCUT2D eigenvalue weighted by atomic mass is 10.2. The van der Waals surface area contributed by atoms with E-state index in [2.05, 4.69) is 66.3 Å². The van der Waals surface area contributed by atoms with Gasteiger partial charge in [0.25, 0.3) is 0 Å². The average Bonchev–Trinajstić information content (AvgIpc) is 2.49. The zero-order valence-corrected chi connectivity index (χ0v) is 12.6. The molecule has 0 amide bonds. The van der Waals surface area contributed by atoms with Crippen molar-refractivity contribution in [3.05, 3.63) is 53.7 Å². The molecule has 0 atom stereocenters. The van der Waals surface area contributed by atoms with Crippen LogP contribution in [0.1, 0.15) is 25.0 Å². The molecule has 0 spiro atoms. The number of pyridine rings is 1. The van der Waals surface area contributed by atoms with E-state index in [1.165, 1.54) is 16.8 Å². The fourth-order valence-corrected chi connectivity index (χ4v) is 2.25. The molecule has 0 fully saturated rings. The largest absolute Gasteiger partial charge is 0.326 e. The molecule has 0 saturated carbocycles. The minimum atomic E-state index is 0.849. The smallest absolute Gasteiger partial charge is 0.137 e. The van der Waals surface area contributed by atoms with Crippen molar-refractivity contribution in [2.24, 2.45) is 0 Å². The summed E-state index contributed by atoms with van der Waals surface area (Å²) in [4.78, 5) is 6.84. The van der Waals surface area contributed by atoms with Crippen molar-refractivity contribution >= 4 is 11.5 Å². The monoisotopic (exact) mass is 269 g/mol. The molecule has 0 radical (unpaired) electrons. The van der Waals surface area contributed by atoms with Gasteiger partial charge in [0.15, 0.2) is 0 Å². The van der Waals surface area contributed by atoms with Crippen molar-refractivity contribution in [2.75, 3.05) is 18.0 Å². The lowest BCUT2D eigenvalue weighted by Crippen LogP contribution is -2.21. The van der Waals surface area contributed by atoms with Crippen LogP contribution in [0, 0.1) is 6.92 Å².